The molecule has 0 aliphatic heterocycles. The molecule has 0 saturated carbocycles. The maximum absolute atomic E-state index is 11.8. The van der Waals surface area contributed by atoms with E-state index < -0.39 is 0 Å². The molecule has 0 spiro atoms. The normalized spacial score (nSPS) is 10.6. The van der Waals surface area contributed by atoms with E-state index >= 15 is 0 Å². The van der Waals surface area contributed by atoms with Gasteiger partial charge < -0.3 is 19.6 Å². The molecule has 0 aliphatic carbocycles. The number of hydrogen-bond acceptors (Lipinski definition) is 5. The molecule has 25 heavy (non-hydrogen) atoms. The fraction of sp³-hybridized carbons (Fsp3) is 0.176. The van der Waals surface area contributed by atoms with Gasteiger partial charge in [0.1, 0.15) is 0 Å². The first-order chi connectivity index (χ1) is 12.0. The van der Waals surface area contributed by atoms with Crippen LogP contribution in [0.1, 0.15) is 5.56 Å². The lowest BCUT2D eigenvalue weighted by atomic mass is 10.2. The van der Waals surface area contributed by atoms with E-state index in [1.54, 1.807) is 50.6 Å². The van der Waals surface area contributed by atoms with E-state index in [-0.39, 0.29) is 12.5 Å². The highest BCUT2D eigenvalue weighted by molar-refractivity contribution is 6.35. The van der Waals surface area contributed by atoms with Crippen LogP contribution in [0.5, 0.6) is 11.5 Å². The van der Waals surface area contributed by atoms with Gasteiger partial charge in [-0.05, 0) is 36.4 Å². The summed E-state index contributed by atoms with van der Waals surface area (Å²) in [6.45, 7) is -0.256. The van der Waals surface area contributed by atoms with Crippen molar-refractivity contribution in [3.8, 4) is 11.5 Å². The van der Waals surface area contributed by atoms with Crippen LogP contribution in [0.2, 0.25) is 10.0 Å². The molecule has 0 bridgehead atoms. The highest BCUT2D eigenvalue weighted by Gasteiger charge is 2.05. The summed E-state index contributed by atoms with van der Waals surface area (Å²) in [5.74, 6) is 0.796. The van der Waals surface area contributed by atoms with Crippen molar-refractivity contribution in [2.75, 3.05) is 26.1 Å². The minimum Gasteiger partial charge on any atom is -0.493 e. The molecule has 8 heteroatoms. The highest BCUT2D eigenvalue weighted by Crippen LogP contribution is 2.27. The molecule has 1 amide bonds. The van der Waals surface area contributed by atoms with E-state index in [0.717, 1.165) is 5.56 Å². The molecule has 0 fully saturated rings. The van der Waals surface area contributed by atoms with E-state index in [1.165, 1.54) is 6.21 Å². The number of nitrogens with one attached hydrogen (secondary N) is 1. The molecule has 2 rings (SSSR count). The maximum atomic E-state index is 11.8. The van der Waals surface area contributed by atoms with E-state index in [2.05, 4.69) is 10.5 Å². The average Bonchev–Trinajstić information content (AvgIpc) is 2.57. The number of ether oxygens (including phenoxy) is 2. The van der Waals surface area contributed by atoms with Crippen LogP contribution in [0.25, 0.3) is 0 Å². The fourth-order valence-electron chi connectivity index (χ4n) is 1.95. The smallest absolute Gasteiger partial charge is 0.265 e. The van der Waals surface area contributed by atoms with Gasteiger partial charge in [0.05, 0.1) is 20.4 Å². The third kappa shape index (κ3) is 5.85. The van der Waals surface area contributed by atoms with Crippen molar-refractivity contribution in [3.63, 3.8) is 0 Å². The van der Waals surface area contributed by atoms with Gasteiger partial charge in [-0.2, -0.15) is 0 Å². The molecule has 0 heterocycles. The van der Waals surface area contributed by atoms with Gasteiger partial charge in [-0.3, -0.25) is 4.79 Å². The Morgan fingerprint density at radius 3 is 2.40 bits per heavy atom. The number of halogens is 2. The van der Waals surface area contributed by atoms with Crippen LogP contribution in [0.4, 0.5) is 5.69 Å². The van der Waals surface area contributed by atoms with Crippen molar-refractivity contribution in [2.24, 2.45) is 5.16 Å². The van der Waals surface area contributed by atoms with Crippen molar-refractivity contribution in [3.05, 3.63) is 52.0 Å². The number of hydrogen-bond donors (Lipinski definition) is 1. The molecular formula is C17H16Cl2N2O4. The van der Waals surface area contributed by atoms with Gasteiger partial charge in [0.25, 0.3) is 5.91 Å². The Labute approximate surface area is 155 Å². The highest BCUT2D eigenvalue weighted by atomic mass is 35.5. The molecule has 0 saturated heterocycles. The molecule has 2 aromatic rings. The van der Waals surface area contributed by atoms with Crippen LogP contribution < -0.4 is 14.8 Å². The molecule has 0 aromatic heterocycles. The predicted octanol–water partition coefficient (Wildman–Crippen LogP) is 4.00. The third-order valence-electron chi connectivity index (χ3n) is 3.03. The maximum Gasteiger partial charge on any atom is 0.265 e. The zero-order chi connectivity index (χ0) is 18.2. The lowest BCUT2D eigenvalue weighted by molar-refractivity contribution is -0.120. The first-order valence-corrected chi connectivity index (χ1v) is 7.90. The Morgan fingerprint density at radius 1 is 1.08 bits per heavy atom. The van der Waals surface area contributed by atoms with Crippen LogP contribution in [0.3, 0.4) is 0 Å². The number of carbonyl (C=O) groups excluding carboxylic acids is 1. The number of amides is 1. The largest absolute Gasteiger partial charge is 0.493 e. The van der Waals surface area contributed by atoms with Crippen molar-refractivity contribution >= 4 is 41.0 Å². The van der Waals surface area contributed by atoms with Gasteiger partial charge in [-0.25, -0.2) is 0 Å². The molecule has 0 aliphatic rings. The van der Waals surface area contributed by atoms with Gasteiger partial charge in [0, 0.05) is 21.3 Å². The minimum atomic E-state index is -0.386. The van der Waals surface area contributed by atoms with Crippen molar-refractivity contribution in [1.29, 1.82) is 0 Å². The first kappa shape index (κ1) is 18.9. The molecule has 0 unspecified atom stereocenters. The number of oxime groups is 1. The Morgan fingerprint density at radius 2 is 1.76 bits per heavy atom. The van der Waals surface area contributed by atoms with Crippen LogP contribution in [-0.2, 0) is 9.63 Å². The summed E-state index contributed by atoms with van der Waals surface area (Å²) in [5, 5.41) is 7.22. The first-order valence-electron chi connectivity index (χ1n) is 7.15. The van der Waals surface area contributed by atoms with Crippen LogP contribution in [0, 0.1) is 0 Å². The molecule has 0 radical (unpaired) electrons. The van der Waals surface area contributed by atoms with E-state index in [4.69, 9.17) is 37.5 Å². The number of anilines is 1. The molecule has 1 N–H and O–H groups in total. The second-order valence-corrected chi connectivity index (χ2v) is 5.70. The summed E-state index contributed by atoms with van der Waals surface area (Å²) in [6.07, 6.45) is 1.46. The summed E-state index contributed by atoms with van der Waals surface area (Å²) < 4.78 is 10.3. The molecule has 132 valence electrons. The van der Waals surface area contributed by atoms with Crippen LogP contribution in [-0.4, -0.2) is 32.9 Å². The lowest BCUT2D eigenvalue weighted by Gasteiger charge is -2.07. The van der Waals surface area contributed by atoms with Crippen molar-refractivity contribution < 1.29 is 19.1 Å². The summed E-state index contributed by atoms with van der Waals surface area (Å²) in [5.41, 5.74) is 1.22. The summed E-state index contributed by atoms with van der Waals surface area (Å²) in [6, 6.07) is 10.00. The lowest BCUT2D eigenvalue weighted by Crippen LogP contribution is -2.16. The second kappa shape index (κ2) is 9.15. The Kier molecular flexibility index (Phi) is 6.91. The number of rotatable bonds is 7. The van der Waals surface area contributed by atoms with Gasteiger partial charge in [-0.15, -0.1) is 0 Å². The van der Waals surface area contributed by atoms with Crippen LogP contribution in [0.15, 0.2) is 41.6 Å². The van der Waals surface area contributed by atoms with E-state index in [9.17, 15) is 4.79 Å². The Balaban J connectivity index is 1.87. The van der Waals surface area contributed by atoms with Crippen LogP contribution >= 0.6 is 23.2 Å². The second-order valence-electron chi connectivity index (χ2n) is 4.83. The molecule has 0 atom stereocenters. The zero-order valence-electron chi connectivity index (χ0n) is 13.6. The monoisotopic (exact) mass is 382 g/mol. The SMILES string of the molecule is COc1ccc(/C=N\OCC(=O)Nc2cc(Cl)cc(Cl)c2)cc1OC. The van der Waals surface area contributed by atoms with Gasteiger partial charge in [-0.1, -0.05) is 28.4 Å². The molecular weight excluding hydrogens is 367 g/mol. The Hall–Kier alpha value is -2.44. The topological polar surface area (TPSA) is 69.2 Å². The quantitative estimate of drug-likeness (QED) is 0.580. The number of carbonyl (C=O) groups is 1. The third-order valence-corrected chi connectivity index (χ3v) is 3.46. The van der Waals surface area contributed by atoms with Gasteiger partial charge in [0.2, 0.25) is 0 Å². The van der Waals surface area contributed by atoms with Gasteiger partial charge >= 0.3 is 0 Å². The van der Waals surface area contributed by atoms with E-state index in [0.29, 0.717) is 27.2 Å². The zero-order valence-corrected chi connectivity index (χ0v) is 15.1. The number of methoxy groups -OCH3 is 2. The number of nitrogens with zero attached hydrogens (tertiary/aromatic N) is 1. The molecule has 6 nitrogen and oxygen atoms in total. The van der Waals surface area contributed by atoms with Crippen molar-refractivity contribution in [1.82, 2.24) is 0 Å². The standard InChI is InChI=1S/C17H16Cl2N2O4/c1-23-15-4-3-11(5-16(15)24-2)9-20-25-10-17(22)21-14-7-12(18)6-13(19)8-14/h3-9H,10H2,1-2H3,(H,21,22)/b20-9-. The Bertz CT molecular complexity index is 761. The minimum absolute atomic E-state index is 0.256. The summed E-state index contributed by atoms with van der Waals surface area (Å²) in [7, 11) is 3.10. The van der Waals surface area contributed by atoms with Crippen molar-refractivity contribution in [2.45, 2.75) is 0 Å². The average molecular weight is 383 g/mol. The fourth-order valence-corrected chi connectivity index (χ4v) is 2.48. The van der Waals surface area contributed by atoms with Gasteiger partial charge in [0.15, 0.2) is 18.1 Å². The predicted molar refractivity (Wildman–Crippen MR) is 98.2 cm³/mol. The number of benzene rings is 2. The summed E-state index contributed by atoms with van der Waals surface area (Å²) >= 11 is 11.7. The summed E-state index contributed by atoms with van der Waals surface area (Å²) in [4.78, 5) is 16.8. The molecule has 2 aromatic carbocycles. The van der Waals surface area contributed by atoms with E-state index in [1.807, 2.05) is 0 Å².